The predicted octanol–water partition coefficient (Wildman–Crippen LogP) is 7.25. The quantitative estimate of drug-likeness (QED) is 0.188. The third kappa shape index (κ3) is 6.77. The molecule has 2 aromatic rings. The van der Waals surface area contributed by atoms with Gasteiger partial charge in [0.15, 0.2) is 5.78 Å². The molecule has 190 valence electrons. The molecule has 1 atom stereocenters. The predicted molar refractivity (Wildman–Crippen MR) is 135 cm³/mol. The topological polar surface area (TPSA) is 93.1 Å². The van der Waals surface area contributed by atoms with Crippen molar-refractivity contribution < 1.29 is 29.3 Å². The van der Waals surface area contributed by atoms with E-state index < -0.39 is 6.10 Å². The van der Waals surface area contributed by atoms with Crippen LogP contribution < -0.4 is 9.47 Å². The number of hydrogen-bond acceptors (Lipinski definition) is 6. The molecule has 0 saturated heterocycles. The fourth-order valence-electron chi connectivity index (χ4n) is 4.54. The lowest BCUT2D eigenvalue weighted by molar-refractivity contribution is -0.134. The van der Waals surface area contributed by atoms with E-state index in [1.165, 1.54) is 38.5 Å². The molecule has 0 spiro atoms. The van der Waals surface area contributed by atoms with E-state index >= 15 is 0 Å². The maximum absolute atomic E-state index is 12.8. The highest BCUT2D eigenvalue weighted by Crippen LogP contribution is 2.47. The summed E-state index contributed by atoms with van der Waals surface area (Å²) in [6.07, 6.45) is 10.7. The van der Waals surface area contributed by atoms with Gasteiger partial charge >= 0.3 is 5.97 Å². The van der Waals surface area contributed by atoms with Crippen molar-refractivity contribution in [3.05, 3.63) is 46.5 Å². The van der Waals surface area contributed by atoms with Gasteiger partial charge in [0.1, 0.15) is 34.7 Å². The van der Waals surface area contributed by atoms with E-state index in [-0.39, 0.29) is 46.5 Å². The summed E-state index contributed by atoms with van der Waals surface area (Å²) in [6.45, 7) is 5.45. The van der Waals surface area contributed by atoms with Gasteiger partial charge in [0.05, 0.1) is 6.42 Å². The van der Waals surface area contributed by atoms with Gasteiger partial charge in [0.2, 0.25) is 0 Å². The molecule has 6 nitrogen and oxygen atoms in total. The number of hydrogen-bond donors (Lipinski definition) is 2. The van der Waals surface area contributed by atoms with E-state index in [0.717, 1.165) is 24.8 Å². The number of esters is 1. The van der Waals surface area contributed by atoms with Crippen molar-refractivity contribution in [2.45, 2.75) is 97.5 Å². The zero-order valence-corrected chi connectivity index (χ0v) is 21.2. The highest BCUT2D eigenvalue weighted by atomic mass is 16.5. The Morgan fingerprint density at radius 2 is 1.51 bits per heavy atom. The maximum Gasteiger partial charge on any atom is 0.311 e. The molecule has 1 aliphatic rings. The van der Waals surface area contributed by atoms with Crippen LogP contribution in [0.2, 0.25) is 0 Å². The van der Waals surface area contributed by atoms with Crippen LogP contribution in [-0.2, 0) is 4.79 Å². The highest BCUT2D eigenvalue weighted by Gasteiger charge is 2.34. The molecule has 0 aliphatic carbocycles. The van der Waals surface area contributed by atoms with Gasteiger partial charge in [-0.1, -0.05) is 70.4 Å². The average molecular weight is 483 g/mol. The number of phenols is 2. The van der Waals surface area contributed by atoms with Crippen LogP contribution in [-0.4, -0.2) is 22.0 Å². The number of rotatable bonds is 12. The van der Waals surface area contributed by atoms with Gasteiger partial charge in [-0.3, -0.25) is 9.59 Å². The Labute approximate surface area is 208 Å². The lowest BCUT2D eigenvalue weighted by Gasteiger charge is -2.28. The molecular weight excluding hydrogens is 444 g/mol. The fraction of sp³-hybridized carbons (Fsp3) is 0.517. The van der Waals surface area contributed by atoms with Gasteiger partial charge in [-0.2, -0.15) is 0 Å². The SMILES string of the molecule is CCCCCCCCCCCC(=O)Oc1ccc([C@@H]2CC(=O)c3c(O)c(C)c(O)c(C)c3O2)cc1. The van der Waals surface area contributed by atoms with E-state index in [4.69, 9.17) is 9.47 Å². The Kier molecular flexibility index (Phi) is 9.58. The molecular formula is C29H38O6. The van der Waals surface area contributed by atoms with Crippen LogP contribution in [0.15, 0.2) is 24.3 Å². The van der Waals surface area contributed by atoms with Crippen molar-refractivity contribution in [1.29, 1.82) is 0 Å². The number of ketones is 1. The van der Waals surface area contributed by atoms with Crippen LogP contribution in [0.5, 0.6) is 23.0 Å². The third-order valence-corrected chi connectivity index (χ3v) is 6.75. The molecule has 0 aromatic heterocycles. The standard InChI is InChI=1S/C29H38O6/c1-4-5-6-7-8-9-10-11-12-13-25(31)34-22-16-14-21(15-17-22)24-18-23(30)26-28(33)19(2)27(32)20(3)29(26)35-24/h14-17,24,32-33H,4-13,18H2,1-3H3/t24-/m0/s1. The second-order valence-electron chi connectivity index (χ2n) is 9.51. The third-order valence-electron chi connectivity index (χ3n) is 6.75. The summed E-state index contributed by atoms with van der Waals surface area (Å²) >= 11 is 0. The van der Waals surface area contributed by atoms with E-state index in [1.54, 1.807) is 38.1 Å². The first-order chi connectivity index (χ1) is 16.8. The van der Waals surface area contributed by atoms with Crippen molar-refractivity contribution >= 4 is 11.8 Å². The number of phenolic OH excluding ortho intramolecular Hbond substituents is 2. The largest absolute Gasteiger partial charge is 0.507 e. The van der Waals surface area contributed by atoms with Crippen LogP contribution in [0.1, 0.15) is 111 Å². The summed E-state index contributed by atoms with van der Waals surface area (Å²) < 4.78 is 11.5. The fourth-order valence-corrected chi connectivity index (χ4v) is 4.54. The van der Waals surface area contributed by atoms with Gasteiger partial charge in [-0.05, 0) is 38.0 Å². The van der Waals surface area contributed by atoms with Gasteiger partial charge in [0.25, 0.3) is 0 Å². The van der Waals surface area contributed by atoms with Gasteiger partial charge < -0.3 is 19.7 Å². The zero-order valence-electron chi connectivity index (χ0n) is 21.2. The van der Waals surface area contributed by atoms with Gasteiger partial charge in [-0.25, -0.2) is 0 Å². The van der Waals surface area contributed by atoms with Crippen LogP contribution in [0.4, 0.5) is 0 Å². The van der Waals surface area contributed by atoms with Crippen molar-refractivity contribution in [3.8, 4) is 23.0 Å². The van der Waals surface area contributed by atoms with E-state index in [9.17, 15) is 19.8 Å². The van der Waals surface area contributed by atoms with E-state index in [1.807, 2.05) is 0 Å². The molecule has 2 aromatic carbocycles. The molecule has 6 heteroatoms. The maximum atomic E-state index is 12.8. The Hall–Kier alpha value is -3.02. The van der Waals surface area contributed by atoms with Crippen molar-refractivity contribution in [2.24, 2.45) is 0 Å². The highest BCUT2D eigenvalue weighted by molar-refractivity contribution is 6.03. The Bertz CT molecular complexity index is 1020. The number of aromatic hydroxyl groups is 2. The molecule has 0 bridgehead atoms. The molecule has 1 heterocycles. The summed E-state index contributed by atoms with van der Waals surface area (Å²) in [7, 11) is 0. The van der Waals surface area contributed by atoms with Crippen LogP contribution >= 0.6 is 0 Å². The van der Waals surface area contributed by atoms with Crippen LogP contribution in [0.25, 0.3) is 0 Å². The van der Waals surface area contributed by atoms with Crippen molar-refractivity contribution in [1.82, 2.24) is 0 Å². The summed E-state index contributed by atoms with van der Waals surface area (Å²) in [5.41, 5.74) is 1.57. The summed E-state index contributed by atoms with van der Waals surface area (Å²) in [6, 6.07) is 6.94. The molecule has 0 radical (unpaired) electrons. The minimum Gasteiger partial charge on any atom is -0.507 e. The number of carbonyl (C=O) groups excluding carboxylic acids is 2. The molecule has 0 fully saturated rings. The Balaban J connectivity index is 1.48. The lowest BCUT2D eigenvalue weighted by atomic mass is 9.92. The first-order valence-electron chi connectivity index (χ1n) is 12.9. The number of Topliss-reactive ketones (excluding diaryl/α,β-unsaturated/α-hetero) is 1. The molecule has 35 heavy (non-hydrogen) atoms. The second kappa shape index (κ2) is 12.6. The number of ether oxygens (including phenoxy) is 2. The average Bonchev–Trinajstić information content (AvgIpc) is 2.85. The van der Waals surface area contributed by atoms with Crippen LogP contribution in [0.3, 0.4) is 0 Å². The Morgan fingerprint density at radius 1 is 0.914 bits per heavy atom. The zero-order chi connectivity index (χ0) is 25.4. The second-order valence-corrected chi connectivity index (χ2v) is 9.51. The Morgan fingerprint density at radius 3 is 2.14 bits per heavy atom. The number of fused-ring (bicyclic) bond motifs is 1. The van der Waals surface area contributed by atoms with Crippen molar-refractivity contribution in [2.75, 3.05) is 0 Å². The summed E-state index contributed by atoms with van der Waals surface area (Å²) in [5, 5.41) is 20.6. The first kappa shape index (κ1) is 26.6. The molecule has 0 amide bonds. The van der Waals surface area contributed by atoms with E-state index in [0.29, 0.717) is 17.7 Å². The molecule has 1 aliphatic heterocycles. The number of benzene rings is 2. The molecule has 3 rings (SSSR count). The monoisotopic (exact) mass is 482 g/mol. The number of carbonyl (C=O) groups is 2. The summed E-state index contributed by atoms with van der Waals surface area (Å²) in [5.74, 6) is -0.126. The van der Waals surface area contributed by atoms with Crippen LogP contribution in [0, 0.1) is 13.8 Å². The number of unbranched alkanes of at least 4 members (excludes halogenated alkanes) is 8. The smallest absolute Gasteiger partial charge is 0.311 e. The minimum absolute atomic E-state index is 0.0714. The van der Waals surface area contributed by atoms with Gasteiger partial charge in [0, 0.05) is 17.5 Å². The molecule has 0 saturated carbocycles. The van der Waals surface area contributed by atoms with Crippen molar-refractivity contribution in [3.63, 3.8) is 0 Å². The van der Waals surface area contributed by atoms with Gasteiger partial charge in [-0.15, -0.1) is 0 Å². The summed E-state index contributed by atoms with van der Waals surface area (Å²) in [4.78, 5) is 24.9. The molecule has 2 N–H and O–H groups in total. The van der Waals surface area contributed by atoms with E-state index in [2.05, 4.69) is 6.92 Å². The molecule has 0 unspecified atom stereocenters. The normalized spacial score (nSPS) is 14.9. The lowest BCUT2D eigenvalue weighted by Crippen LogP contribution is -2.21. The minimum atomic E-state index is -0.554. The first-order valence-corrected chi connectivity index (χ1v) is 12.9.